The van der Waals surface area contributed by atoms with Gasteiger partial charge >= 0.3 is 0 Å². The van der Waals surface area contributed by atoms with Crippen LogP contribution in [0.5, 0.6) is 11.5 Å². The minimum absolute atomic E-state index is 0.186. The number of carbonyl (C=O) groups is 1. The summed E-state index contributed by atoms with van der Waals surface area (Å²) in [6, 6.07) is 16.3. The molecule has 2 aromatic heterocycles. The monoisotopic (exact) mass is 512 g/mol. The Balaban J connectivity index is 1.24. The van der Waals surface area contributed by atoms with Gasteiger partial charge in [-0.3, -0.25) is 9.69 Å². The van der Waals surface area contributed by atoms with Crippen molar-refractivity contribution in [2.24, 2.45) is 0 Å². The number of aromatic amines is 1. The zero-order chi connectivity index (χ0) is 26.3. The van der Waals surface area contributed by atoms with Crippen LogP contribution in [-0.4, -0.2) is 61.3 Å². The number of H-pyrrole nitrogens is 1. The molecule has 2 N–H and O–H groups in total. The Morgan fingerprint density at radius 3 is 2.55 bits per heavy atom. The largest absolute Gasteiger partial charge is 0.493 e. The molecular formula is C30H32N4O4. The van der Waals surface area contributed by atoms with Crippen molar-refractivity contribution < 1.29 is 19.0 Å². The molecule has 0 bridgehead atoms. The molecule has 2 aromatic carbocycles. The summed E-state index contributed by atoms with van der Waals surface area (Å²) in [6.45, 7) is 4.86. The lowest BCUT2D eigenvalue weighted by molar-refractivity contribution is -0.116. The summed E-state index contributed by atoms with van der Waals surface area (Å²) in [4.78, 5) is 22.7. The fourth-order valence-corrected chi connectivity index (χ4v) is 4.54. The first kappa shape index (κ1) is 25.5. The number of nitrogens with one attached hydrogen (secondary N) is 2. The van der Waals surface area contributed by atoms with Crippen molar-refractivity contribution in [1.29, 1.82) is 0 Å². The van der Waals surface area contributed by atoms with Crippen LogP contribution >= 0.6 is 0 Å². The van der Waals surface area contributed by atoms with E-state index in [2.05, 4.69) is 50.5 Å². The Labute approximate surface area is 222 Å². The van der Waals surface area contributed by atoms with Crippen molar-refractivity contribution in [3.63, 3.8) is 0 Å². The highest BCUT2D eigenvalue weighted by molar-refractivity contribution is 5.96. The number of amides is 1. The lowest BCUT2D eigenvalue weighted by Gasteiger charge is -2.26. The molecule has 38 heavy (non-hydrogen) atoms. The van der Waals surface area contributed by atoms with Crippen molar-refractivity contribution >= 4 is 23.0 Å². The van der Waals surface area contributed by atoms with E-state index in [9.17, 15) is 4.79 Å². The van der Waals surface area contributed by atoms with Crippen molar-refractivity contribution in [3.8, 4) is 22.6 Å². The summed E-state index contributed by atoms with van der Waals surface area (Å²) in [5, 5.41) is 3.87. The average molecular weight is 513 g/mol. The topological polar surface area (TPSA) is 88.7 Å². The molecule has 1 aliphatic heterocycles. The smallest absolute Gasteiger partial charge is 0.244 e. The first-order valence-corrected chi connectivity index (χ1v) is 12.7. The molecule has 1 amide bonds. The molecule has 8 nitrogen and oxygen atoms in total. The Bertz CT molecular complexity index is 1420. The third-order valence-electron chi connectivity index (χ3n) is 6.69. The summed E-state index contributed by atoms with van der Waals surface area (Å²) in [5.74, 6) is 1.09. The number of fused-ring (bicyclic) bond motifs is 1. The zero-order valence-electron chi connectivity index (χ0n) is 21.7. The maximum absolute atomic E-state index is 12.5. The molecule has 8 heteroatoms. The highest BCUT2D eigenvalue weighted by atomic mass is 16.5. The maximum Gasteiger partial charge on any atom is 0.244 e. The second kappa shape index (κ2) is 11.9. The minimum atomic E-state index is -0.186. The summed E-state index contributed by atoms with van der Waals surface area (Å²) in [6.07, 6.45) is 7.08. The number of ether oxygens (including phenoxy) is 3. The number of morpholine rings is 1. The number of hydrogen-bond donors (Lipinski definition) is 2. The van der Waals surface area contributed by atoms with Gasteiger partial charge in [-0.25, -0.2) is 4.98 Å². The van der Waals surface area contributed by atoms with Gasteiger partial charge in [0.1, 0.15) is 5.65 Å². The second-order valence-electron chi connectivity index (χ2n) is 9.19. The molecule has 0 spiro atoms. The highest BCUT2D eigenvalue weighted by Gasteiger charge is 2.11. The van der Waals surface area contributed by atoms with Gasteiger partial charge in [-0.05, 0) is 41.0 Å². The van der Waals surface area contributed by atoms with Crippen LogP contribution in [0.2, 0.25) is 0 Å². The van der Waals surface area contributed by atoms with E-state index in [1.807, 2.05) is 30.6 Å². The second-order valence-corrected chi connectivity index (χ2v) is 9.19. The standard InChI is InChI=1S/C30H32N4O4/c1-36-27-9-5-22(15-28(27)37-2)17-31-29(35)10-8-24-18-32-30-26(24)16-25(19-33-30)23-6-3-21(4-7-23)20-34-11-13-38-14-12-34/h3-10,15-16,18-19H,11-14,17,20H2,1-2H3,(H,31,35)(H,32,33)/b10-8+. The van der Waals surface area contributed by atoms with E-state index in [1.54, 1.807) is 20.3 Å². The molecule has 196 valence electrons. The lowest BCUT2D eigenvalue weighted by atomic mass is 10.0. The van der Waals surface area contributed by atoms with Crippen LogP contribution in [0.15, 0.2) is 67.0 Å². The van der Waals surface area contributed by atoms with E-state index >= 15 is 0 Å². The Morgan fingerprint density at radius 2 is 1.79 bits per heavy atom. The first-order chi connectivity index (χ1) is 18.6. The molecule has 0 aliphatic carbocycles. The van der Waals surface area contributed by atoms with Gasteiger partial charge in [0.25, 0.3) is 0 Å². The van der Waals surface area contributed by atoms with Crippen molar-refractivity contribution in [3.05, 3.63) is 83.7 Å². The van der Waals surface area contributed by atoms with E-state index in [-0.39, 0.29) is 5.91 Å². The normalized spacial score (nSPS) is 14.2. The fourth-order valence-electron chi connectivity index (χ4n) is 4.54. The molecule has 0 radical (unpaired) electrons. The molecule has 0 unspecified atom stereocenters. The number of methoxy groups -OCH3 is 2. The first-order valence-electron chi connectivity index (χ1n) is 12.7. The van der Waals surface area contributed by atoms with Gasteiger partial charge in [-0.15, -0.1) is 0 Å². The number of rotatable bonds is 9. The van der Waals surface area contributed by atoms with Crippen LogP contribution in [-0.2, 0) is 22.6 Å². The van der Waals surface area contributed by atoms with Crippen LogP contribution in [0.25, 0.3) is 28.2 Å². The van der Waals surface area contributed by atoms with E-state index in [0.29, 0.717) is 18.0 Å². The van der Waals surface area contributed by atoms with Gasteiger partial charge in [0.05, 0.1) is 27.4 Å². The third kappa shape index (κ3) is 6.04. The molecule has 1 fully saturated rings. The zero-order valence-corrected chi connectivity index (χ0v) is 21.7. The SMILES string of the molecule is COc1ccc(CNC(=O)/C=C/c2c[nH]c3ncc(-c4ccc(CN5CCOCC5)cc4)cc23)cc1OC. The summed E-state index contributed by atoms with van der Waals surface area (Å²) in [7, 11) is 3.18. The number of hydrogen-bond acceptors (Lipinski definition) is 6. The van der Waals surface area contributed by atoms with Crippen LogP contribution in [0.1, 0.15) is 16.7 Å². The van der Waals surface area contributed by atoms with Gasteiger partial charge in [0.15, 0.2) is 11.5 Å². The third-order valence-corrected chi connectivity index (χ3v) is 6.69. The van der Waals surface area contributed by atoms with Gasteiger partial charge < -0.3 is 24.5 Å². The summed E-state index contributed by atoms with van der Waals surface area (Å²) in [5.41, 5.74) is 6.02. The van der Waals surface area contributed by atoms with Gasteiger partial charge in [-0.2, -0.15) is 0 Å². The number of carbonyl (C=O) groups excluding carboxylic acids is 1. The van der Waals surface area contributed by atoms with Crippen LogP contribution < -0.4 is 14.8 Å². The van der Waals surface area contributed by atoms with Crippen molar-refractivity contribution in [1.82, 2.24) is 20.2 Å². The van der Waals surface area contributed by atoms with Crippen LogP contribution in [0, 0.1) is 0 Å². The molecule has 0 atom stereocenters. The van der Waals surface area contributed by atoms with E-state index in [4.69, 9.17) is 14.2 Å². The van der Waals surface area contributed by atoms with Gasteiger partial charge in [0, 0.05) is 61.2 Å². The fraction of sp³-hybridized carbons (Fsp3) is 0.267. The quantitative estimate of drug-likeness (QED) is 0.323. The average Bonchev–Trinajstić information content (AvgIpc) is 3.38. The van der Waals surface area contributed by atoms with E-state index in [0.717, 1.165) is 66.1 Å². The predicted octanol–water partition coefficient (Wildman–Crippen LogP) is 4.41. The summed E-state index contributed by atoms with van der Waals surface area (Å²) >= 11 is 0. The van der Waals surface area contributed by atoms with Gasteiger partial charge in [-0.1, -0.05) is 30.3 Å². The van der Waals surface area contributed by atoms with Crippen LogP contribution in [0.4, 0.5) is 0 Å². The number of aromatic nitrogens is 2. The maximum atomic E-state index is 12.5. The lowest BCUT2D eigenvalue weighted by Crippen LogP contribution is -2.35. The van der Waals surface area contributed by atoms with Gasteiger partial charge in [0.2, 0.25) is 5.91 Å². The van der Waals surface area contributed by atoms with Crippen LogP contribution in [0.3, 0.4) is 0 Å². The molecule has 5 rings (SSSR count). The van der Waals surface area contributed by atoms with E-state index < -0.39 is 0 Å². The van der Waals surface area contributed by atoms with Crippen molar-refractivity contribution in [2.45, 2.75) is 13.1 Å². The number of benzene rings is 2. The molecule has 1 saturated heterocycles. The Hall–Kier alpha value is -4.14. The molecule has 3 heterocycles. The minimum Gasteiger partial charge on any atom is -0.493 e. The molecule has 0 saturated carbocycles. The molecule has 4 aromatic rings. The predicted molar refractivity (Wildman–Crippen MR) is 148 cm³/mol. The molecule has 1 aliphatic rings. The Morgan fingerprint density at radius 1 is 1.03 bits per heavy atom. The summed E-state index contributed by atoms with van der Waals surface area (Å²) < 4.78 is 16.0. The molecular weight excluding hydrogens is 480 g/mol. The number of pyridine rings is 1. The van der Waals surface area contributed by atoms with E-state index in [1.165, 1.54) is 11.6 Å². The highest BCUT2D eigenvalue weighted by Crippen LogP contribution is 2.28. The number of nitrogens with zero attached hydrogens (tertiary/aromatic N) is 2. The van der Waals surface area contributed by atoms with Crippen molar-refractivity contribution in [2.75, 3.05) is 40.5 Å². The Kier molecular flexibility index (Phi) is 8.01.